The molecule has 1 fully saturated rings. The molecule has 1 aliphatic rings. The molecule has 0 aliphatic heterocycles. The number of sulfonamides is 1. The predicted molar refractivity (Wildman–Crippen MR) is 49.4 cm³/mol. The zero-order chi connectivity index (χ0) is 9.19. The Kier molecular flexibility index (Phi) is 3.12. The first-order valence-corrected chi connectivity index (χ1v) is 6.37. The van der Waals surface area contributed by atoms with Crippen LogP contribution in [0.1, 0.15) is 32.6 Å². The standard InChI is InChI=1S/C8H17NO2S/c1-3-7-4-5-8(6-7)9-12(2,10)11/h7-9H,3-6H2,1-2H3. The Morgan fingerprint density at radius 3 is 2.50 bits per heavy atom. The van der Waals surface area contributed by atoms with Gasteiger partial charge in [0.1, 0.15) is 0 Å². The molecule has 0 aromatic heterocycles. The van der Waals surface area contributed by atoms with Gasteiger partial charge in [0.05, 0.1) is 6.26 Å². The van der Waals surface area contributed by atoms with E-state index in [2.05, 4.69) is 11.6 Å². The van der Waals surface area contributed by atoms with E-state index < -0.39 is 10.0 Å². The van der Waals surface area contributed by atoms with Crippen molar-refractivity contribution in [2.45, 2.75) is 38.6 Å². The van der Waals surface area contributed by atoms with E-state index in [0.717, 1.165) is 18.8 Å². The summed E-state index contributed by atoms with van der Waals surface area (Å²) in [4.78, 5) is 0. The van der Waals surface area contributed by atoms with Crippen molar-refractivity contribution in [2.24, 2.45) is 5.92 Å². The molecule has 0 aromatic carbocycles. The van der Waals surface area contributed by atoms with Gasteiger partial charge in [-0.15, -0.1) is 0 Å². The summed E-state index contributed by atoms with van der Waals surface area (Å²) in [6, 6.07) is 0.199. The lowest BCUT2D eigenvalue weighted by Crippen LogP contribution is -2.31. The second-order valence-electron chi connectivity index (χ2n) is 3.67. The minimum Gasteiger partial charge on any atom is -0.213 e. The lowest BCUT2D eigenvalue weighted by Gasteiger charge is -2.10. The quantitative estimate of drug-likeness (QED) is 0.726. The molecule has 1 aliphatic carbocycles. The SMILES string of the molecule is CCC1CCC(NS(C)(=O)=O)C1. The molecular weight excluding hydrogens is 174 g/mol. The molecule has 0 spiro atoms. The van der Waals surface area contributed by atoms with Crippen molar-refractivity contribution >= 4 is 10.0 Å². The third-order valence-corrected chi connectivity index (χ3v) is 3.26. The molecule has 2 unspecified atom stereocenters. The fourth-order valence-electron chi connectivity index (χ4n) is 1.86. The largest absolute Gasteiger partial charge is 0.213 e. The normalized spacial score (nSPS) is 30.8. The fraction of sp³-hybridized carbons (Fsp3) is 1.00. The molecule has 0 aromatic rings. The van der Waals surface area contributed by atoms with E-state index in [1.165, 1.54) is 19.1 Å². The van der Waals surface area contributed by atoms with E-state index in [0.29, 0.717) is 0 Å². The van der Waals surface area contributed by atoms with E-state index in [1.807, 2.05) is 0 Å². The maximum Gasteiger partial charge on any atom is 0.208 e. The van der Waals surface area contributed by atoms with Crippen molar-refractivity contribution in [2.75, 3.05) is 6.26 Å². The second-order valence-corrected chi connectivity index (χ2v) is 5.45. The molecule has 0 bridgehead atoms. The summed E-state index contributed by atoms with van der Waals surface area (Å²) < 4.78 is 24.4. The van der Waals surface area contributed by atoms with Crippen LogP contribution in [0.4, 0.5) is 0 Å². The first-order valence-electron chi connectivity index (χ1n) is 4.48. The predicted octanol–water partition coefficient (Wildman–Crippen LogP) is 1.11. The molecule has 1 N–H and O–H groups in total. The van der Waals surface area contributed by atoms with Crippen LogP contribution in [-0.2, 0) is 10.0 Å². The topological polar surface area (TPSA) is 46.2 Å². The van der Waals surface area contributed by atoms with Crippen LogP contribution in [0.15, 0.2) is 0 Å². The highest BCUT2D eigenvalue weighted by atomic mass is 32.2. The Labute approximate surface area is 74.6 Å². The van der Waals surface area contributed by atoms with Gasteiger partial charge in [-0.05, 0) is 25.2 Å². The Morgan fingerprint density at radius 1 is 1.42 bits per heavy atom. The summed E-state index contributed by atoms with van der Waals surface area (Å²) in [6.45, 7) is 2.16. The van der Waals surface area contributed by atoms with Crippen LogP contribution in [0.2, 0.25) is 0 Å². The third kappa shape index (κ3) is 3.11. The Morgan fingerprint density at radius 2 is 2.08 bits per heavy atom. The van der Waals surface area contributed by atoms with E-state index >= 15 is 0 Å². The monoisotopic (exact) mass is 191 g/mol. The Balaban J connectivity index is 2.38. The van der Waals surface area contributed by atoms with E-state index in [-0.39, 0.29) is 6.04 Å². The Hall–Kier alpha value is -0.0900. The summed E-state index contributed by atoms with van der Waals surface area (Å²) in [5, 5.41) is 0. The highest BCUT2D eigenvalue weighted by molar-refractivity contribution is 7.88. The number of rotatable bonds is 3. The van der Waals surface area contributed by atoms with Crippen LogP contribution in [0.3, 0.4) is 0 Å². The van der Waals surface area contributed by atoms with Crippen LogP contribution in [-0.4, -0.2) is 20.7 Å². The average Bonchev–Trinajstić information content (AvgIpc) is 2.32. The van der Waals surface area contributed by atoms with Crippen molar-refractivity contribution in [3.63, 3.8) is 0 Å². The van der Waals surface area contributed by atoms with Crippen LogP contribution >= 0.6 is 0 Å². The molecule has 0 saturated heterocycles. The lowest BCUT2D eigenvalue weighted by atomic mass is 10.1. The van der Waals surface area contributed by atoms with E-state index in [9.17, 15) is 8.42 Å². The molecule has 4 heteroatoms. The molecule has 1 saturated carbocycles. The van der Waals surface area contributed by atoms with Gasteiger partial charge >= 0.3 is 0 Å². The molecule has 72 valence electrons. The number of hydrogen-bond acceptors (Lipinski definition) is 2. The minimum atomic E-state index is -2.99. The number of nitrogens with one attached hydrogen (secondary N) is 1. The van der Waals surface area contributed by atoms with E-state index in [4.69, 9.17) is 0 Å². The molecule has 0 heterocycles. The Bertz CT molecular complexity index is 235. The zero-order valence-electron chi connectivity index (χ0n) is 7.71. The van der Waals surface area contributed by atoms with Crippen molar-refractivity contribution in [1.82, 2.24) is 4.72 Å². The zero-order valence-corrected chi connectivity index (χ0v) is 8.52. The van der Waals surface area contributed by atoms with Crippen molar-refractivity contribution < 1.29 is 8.42 Å². The first kappa shape index (κ1) is 9.99. The number of hydrogen-bond donors (Lipinski definition) is 1. The van der Waals surface area contributed by atoms with Crippen LogP contribution < -0.4 is 4.72 Å². The van der Waals surface area contributed by atoms with Crippen LogP contribution in [0.25, 0.3) is 0 Å². The maximum atomic E-state index is 10.9. The van der Waals surface area contributed by atoms with E-state index in [1.54, 1.807) is 0 Å². The van der Waals surface area contributed by atoms with Gasteiger partial charge in [0.25, 0.3) is 0 Å². The third-order valence-electron chi connectivity index (χ3n) is 2.50. The highest BCUT2D eigenvalue weighted by Crippen LogP contribution is 2.27. The molecule has 0 radical (unpaired) electrons. The van der Waals surface area contributed by atoms with Crippen LogP contribution in [0.5, 0.6) is 0 Å². The van der Waals surface area contributed by atoms with Gasteiger partial charge in [0, 0.05) is 6.04 Å². The minimum absolute atomic E-state index is 0.199. The van der Waals surface area contributed by atoms with Gasteiger partial charge in [-0.3, -0.25) is 0 Å². The second kappa shape index (κ2) is 3.75. The summed E-state index contributed by atoms with van der Waals surface area (Å²) in [5.41, 5.74) is 0. The highest BCUT2D eigenvalue weighted by Gasteiger charge is 2.24. The smallest absolute Gasteiger partial charge is 0.208 e. The van der Waals surface area contributed by atoms with Gasteiger partial charge in [-0.25, -0.2) is 13.1 Å². The molecule has 3 nitrogen and oxygen atoms in total. The van der Waals surface area contributed by atoms with Gasteiger partial charge in [-0.2, -0.15) is 0 Å². The summed E-state index contributed by atoms with van der Waals surface area (Å²) in [6.07, 6.45) is 5.59. The van der Waals surface area contributed by atoms with Gasteiger partial charge in [0.2, 0.25) is 10.0 Å². The van der Waals surface area contributed by atoms with Gasteiger partial charge < -0.3 is 0 Å². The van der Waals surface area contributed by atoms with Gasteiger partial charge in [-0.1, -0.05) is 13.3 Å². The maximum absolute atomic E-state index is 10.9. The molecule has 12 heavy (non-hydrogen) atoms. The molecule has 0 amide bonds. The van der Waals surface area contributed by atoms with Crippen molar-refractivity contribution in [3.8, 4) is 0 Å². The molecular formula is C8H17NO2S. The first-order chi connectivity index (χ1) is 5.51. The summed E-state index contributed by atoms with van der Waals surface area (Å²) in [7, 11) is -2.99. The fourth-order valence-corrected chi connectivity index (χ4v) is 2.68. The van der Waals surface area contributed by atoms with Crippen molar-refractivity contribution in [1.29, 1.82) is 0 Å². The molecule has 2 atom stereocenters. The van der Waals surface area contributed by atoms with Crippen LogP contribution in [0, 0.1) is 5.92 Å². The summed E-state index contributed by atoms with van der Waals surface area (Å²) >= 11 is 0. The lowest BCUT2D eigenvalue weighted by molar-refractivity contribution is 0.505. The van der Waals surface area contributed by atoms with Crippen molar-refractivity contribution in [3.05, 3.63) is 0 Å². The summed E-state index contributed by atoms with van der Waals surface area (Å²) in [5.74, 6) is 0.726. The average molecular weight is 191 g/mol. The molecule has 1 rings (SSSR count). The van der Waals surface area contributed by atoms with Gasteiger partial charge in [0.15, 0.2) is 0 Å².